The zero-order chi connectivity index (χ0) is 21.1. The molecule has 0 atom stereocenters. The third-order valence-electron chi connectivity index (χ3n) is 4.36. The molecular weight excluding hydrogens is 426 g/mol. The van der Waals surface area contributed by atoms with Gasteiger partial charge >= 0.3 is 0 Å². The number of benzene rings is 1. The molecule has 0 bridgehead atoms. The van der Waals surface area contributed by atoms with E-state index in [1.807, 2.05) is 24.5 Å². The van der Waals surface area contributed by atoms with E-state index in [0.29, 0.717) is 28.1 Å². The highest BCUT2D eigenvalue weighted by molar-refractivity contribution is 7.99. The summed E-state index contributed by atoms with van der Waals surface area (Å²) in [6.45, 7) is 4.55. The minimum atomic E-state index is -0.199. The number of carbonyl (C=O) groups is 1. The van der Waals surface area contributed by atoms with Crippen molar-refractivity contribution in [3.05, 3.63) is 54.0 Å². The lowest BCUT2D eigenvalue weighted by Gasteiger charge is -2.11. The lowest BCUT2D eigenvalue weighted by atomic mass is 10.2. The van der Waals surface area contributed by atoms with Crippen LogP contribution in [0.15, 0.2) is 52.8 Å². The summed E-state index contributed by atoms with van der Waals surface area (Å²) in [7, 11) is 0. The Balaban J connectivity index is 1.49. The number of amides is 1. The van der Waals surface area contributed by atoms with Gasteiger partial charge in [0.1, 0.15) is 18.4 Å². The number of rotatable bonds is 7. The molecule has 0 aliphatic rings. The highest BCUT2D eigenvalue weighted by Gasteiger charge is 2.18. The molecule has 30 heavy (non-hydrogen) atoms. The molecule has 0 radical (unpaired) electrons. The van der Waals surface area contributed by atoms with Gasteiger partial charge in [0.05, 0.1) is 29.0 Å². The van der Waals surface area contributed by atoms with Crippen LogP contribution in [0.25, 0.3) is 17.1 Å². The minimum absolute atomic E-state index is 0.159. The fourth-order valence-electron chi connectivity index (χ4n) is 2.95. The van der Waals surface area contributed by atoms with Crippen LogP contribution in [0.5, 0.6) is 0 Å². The first kappa shape index (κ1) is 20.2. The second-order valence-electron chi connectivity index (χ2n) is 6.28. The molecule has 1 aromatic carbocycles. The van der Waals surface area contributed by atoms with Crippen molar-refractivity contribution in [2.75, 3.05) is 11.1 Å². The zero-order valence-electron chi connectivity index (χ0n) is 16.2. The number of halogens is 1. The number of nitrogens with zero attached hydrogens (tertiary/aromatic N) is 6. The number of hydrogen-bond donors (Lipinski definition) is 1. The normalized spacial score (nSPS) is 11.0. The van der Waals surface area contributed by atoms with Gasteiger partial charge in [0.25, 0.3) is 0 Å². The number of carbonyl (C=O) groups excluding carboxylic acids is 1. The van der Waals surface area contributed by atoms with Gasteiger partial charge < -0.3 is 14.3 Å². The molecule has 11 heteroatoms. The van der Waals surface area contributed by atoms with Crippen molar-refractivity contribution in [1.29, 1.82) is 0 Å². The second-order valence-corrected chi connectivity index (χ2v) is 7.66. The maximum Gasteiger partial charge on any atom is 0.234 e. The number of thioether (sulfide) groups is 1. The molecule has 0 unspecified atom stereocenters. The van der Waals surface area contributed by atoms with Gasteiger partial charge in [-0.2, -0.15) is 5.10 Å². The van der Waals surface area contributed by atoms with E-state index in [0.717, 1.165) is 17.1 Å². The first-order valence-electron chi connectivity index (χ1n) is 9.11. The number of furan rings is 1. The van der Waals surface area contributed by atoms with Crippen molar-refractivity contribution in [1.82, 2.24) is 29.5 Å². The number of anilines is 1. The van der Waals surface area contributed by atoms with E-state index < -0.39 is 0 Å². The highest BCUT2D eigenvalue weighted by Crippen LogP contribution is 2.28. The summed E-state index contributed by atoms with van der Waals surface area (Å²) in [6, 6.07) is 7.03. The van der Waals surface area contributed by atoms with E-state index in [1.165, 1.54) is 18.1 Å². The third-order valence-corrected chi connectivity index (χ3v) is 5.57. The van der Waals surface area contributed by atoms with Crippen molar-refractivity contribution in [3.63, 3.8) is 0 Å². The molecule has 0 aliphatic carbocycles. The molecule has 0 fully saturated rings. The first-order chi connectivity index (χ1) is 14.6. The first-order valence-corrected chi connectivity index (χ1v) is 10.5. The molecule has 0 spiro atoms. The van der Waals surface area contributed by atoms with E-state index in [1.54, 1.807) is 35.5 Å². The minimum Gasteiger partial charge on any atom is -0.469 e. The molecular formula is C19H18ClN7O2S. The Labute approximate surface area is 181 Å². The van der Waals surface area contributed by atoms with Gasteiger partial charge in [0, 0.05) is 11.6 Å². The summed E-state index contributed by atoms with van der Waals surface area (Å²) >= 11 is 7.42. The van der Waals surface area contributed by atoms with Crippen LogP contribution in [0.3, 0.4) is 0 Å². The van der Waals surface area contributed by atoms with Gasteiger partial charge in [-0.3, -0.25) is 4.79 Å². The average molecular weight is 444 g/mol. The molecule has 154 valence electrons. The van der Waals surface area contributed by atoms with Gasteiger partial charge in [0.15, 0.2) is 11.0 Å². The number of hydrogen-bond acceptors (Lipinski definition) is 7. The molecule has 0 saturated carbocycles. The molecule has 0 aliphatic heterocycles. The fourth-order valence-corrected chi connectivity index (χ4v) is 3.93. The topological polar surface area (TPSA) is 104 Å². The van der Waals surface area contributed by atoms with Crippen LogP contribution in [0.2, 0.25) is 5.02 Å². The van der Waals surface area contributed by atoms with E-state index in [9.17, 15) is 4.79 Å². The summed E-state index contributed by atoms with van der Waals surface area (Å²) in [6.07, 6.45) is 4.60. The smallest absolute Gasteiger partial charge is 0.234 e. The largest absolute Gasteiger partial charge is 0.469 e. The Morgan fingerprint density at radius 2 is 2.17 bits per heavy atom. The van der Waals surface area contributed by atoms with Gasteiger partial charge in [0.2, 0.25) is 5.91 Å². The van der Waals surface area contributed by atoms with Crippen LogP contribution in [0, 0.1) is 6.92 Å². The Morgan fingerprint density at radius 3 is 2.87 bits per heavy atom. The van der Waals surface area contributed by atoms with Crippen LogP contribution in [-0.2, 0) is 11.3 Å². The summed E-state index contributed by atoms with van der Waals surface area (Å²) in [5, 5.41) is 16.7. The Bertz CT molecular complexity index is 1170. The fraction of sp³-hybridized carbons (Fsp3) is 0.211. The van der Waals surface area contributed by atoms with Crippen molar-refractivity contribution in [2.24, 2.45) is 0 Å². The summed E-state index contributed by atoms with van der Waals surface area (Å²) in [5.41, 5.74) is 2.10. The standard InChI is InChI=1S/C19H18ClN7O2S/c1-3-26-18(14-6-7-29-12(14)2)24-25-19(26)30-9-17(28)23-15-8-13(20)4-5-16(15)27-11-21-10-22-27/h4-8,10-11H,3,9H2,1-2H3,(H,23,28). The van der Waals surface area contributed by atoms with Crippen LogP contribution in [0.1, 0.15) is 12.7 Å². The molecule has 1 N–H and O–H groups in total. The summed E-state index contributed by atoms with van der Waals surface area (Å²) in [4.78, 5) is 16.6. The number of nitrogens with one attached hydrogen (secondary N) is 1. The molecule has 4 rings (SSSR count). The maximum atomic E-state index is 12.6. The average Bonchev–Trinajstić information content (AvgIpc) is 3.47. The SMILES string of the molecule is CCn1c(SCC(=O)Nc2cc(Cl)ccc2-n2cncn2)nnc1-c1ccoc1C. The quantitative estimate of drug-likeness (QED) is 0.433. The van der Waals surface area contributed by atoms with Gasteiger partial charge in [-0.15, -0.1) is 10.2 Å². The van der Waals surface area contributed by atoms with Crippen molar-refractivity contribution < 1.29 is 9.21 Å². The van der Waals surface area contributed by atoms with Gasteiger partial charge in [-0.25, -0.2) is 9.67 Å². The lowest BCUT2D eigenvalue weighted by molar-refractivity contribution is -0.113. The van der Waals surface area contributed by atoms with Crippen LogP contribution in [0.4, 0.5) is 5.69 Å². The van der Waals surface area contributed by atoms with E-state index in [4.69, 9.17) is 16.0 Å². The summed E-state index contributed by atoms with van der Waals surface area (Å²) in [5.74, 6) is 1.45. The van der Waals surface area contributed by atoms with Crippen molar-refractivity contribution >= 4 is 35.0 Å². The molecule has 0 saturated heterocycles. The Hall–Kier alpha value is -3.11. The molecule has 9 nitrogen and oxygen atoms in total. The summed E-state index contributed by atoms with van der Waals surface area (Å²) < 4.78 is 8.89. The molecule has 1 amide bonds. The second kappa shape index (κ2) is 8.72. The Kier molecular flexibility index (Phi) is 5.86. The zero-order valence-corrected chi connectivity index (χ0v) is 17.8. The van der Waals surface area contributed by atoms with E-state index in [2.05, 4.69) is 25.6 Å². The predicted octanol–water partition coefficient (Wildman–Crippen LogP) is 3.83. The Morgan fingerprint density at radius 1 is 1.30 bits per heavy atom. The lowest BCUT2D eigenvalue weighted by Crippen LogP contribution is -2.16. The maximum absolute atomic E-state index is 12.6. The van der Waals surface area contributed by atoms with Crippen molar-refractivity contribution in [2.45, 2.75) is 25.5 Å². The molecule has 4 aromatic rings. The number of aromatic nitrogens is 6. The highest BCUT2D eigenvalue weighted by atomic mass is 35.5. The predicted molar refractivity (Wildman–Crippen MR) is 114 cm³/mol. The number of aryl methyl sites for hydroxylation is 1. The molecule has 3 heterocycles. The van der Waals surface area contributed by atoms with Crippen LogP contribution >= 0.6 is 23.4 Å². The third kappa shape index (κ3) is 4.10. The van der Waals surface area contributed by atoms with E-state index >= 15 is 0 Å². The van der Waals surface area contributed by atoms with Gasteiger partial charge in [-0.05, 0) is 38.1 Å². The van der Waals surface area contributed by atoms with E-state index in [-0.39, 0.29) is 11.7 Å². The van der Waals surface area contributed by atoms with Crippen molar-refractivity contribution in [3.8, 4) is 17.1 Å². The van der Waals surface area contributed by atoms with Crippen LogP contribution < -0.4 is 5.32 Å². The van der Waals surface area contributed by atoms with Crippen LogP contribution in [-0.4, -0.2) is 41.2 Å². The van der Waals surface area contributed by atoms with Gasteiger partial charge in [-0.1, -0.05) is 23.4 Å². The monoisotopic (exact) mass is 443 g/mol. The molecule has 3 aromatic heterocycles.